The highest BCUT2D eigenvalue weighted by molar-refractivity contribution is 6.32. The van der Waals surface area contributed by atoms with Crippen LogP contribution in [0.5, 0.6) is 17.2 Å². The zero-order valence-electron chi connectivity index (χ0n) is 21.0. The average Bonchev–Trinajstić information content (AvgIpc) is 2.81. The maximum absolute atomic E-state index is 13.9. The summed E-state index contributed by atoms with van der Waals surface area (Å²) in [6.07, 6.45) is -4.97. The molecule has 37 heavy (non-hydrogen) atoms. The van der Waals surface area contributed by atoms with Crippen LogP contribution in [0.1, 0.15) is 48.8 Å². The van der Waals surface area contributed by atoms with Gasteiger partial charge in [0, 0.05) is 11.1 Å². The van der Waals surface area contributed by atoms with Crippen molar-refractivity contribution in [1.29, 1.82) is 0 Å². The van der Waals surface area contributed by atoms with E-state index in [1.165, 1.54) is 35.9 Å². The molecule has 4 nitrogen and oxygen atoms in total. The summed E-state index contributed by atoms with van der Waals surface area (Å²) in [5.74, 6) is -2.14. The van der Waals surface area contributed by atoms with Gasteiger partial charge >= 0.3 is 6.18 Å². The van der Waals surface area contributed by atoms with Crippen LogP contribution in [0.3, 0.4) is 0 Å². The van der Waals surface area contributed by atoms with Gasteiger partial charge in [0.1, 0.15) is 23.7 Å². The van der Waals surface area contributed by atoms with Crippen LogP contribution in [0.25, 0.3) is 11.0 Å². The van der Waals surface area contributed by atoms with Crippen molar-refractivity contribution in [1.82, 2.24) is 0 Å². The van der Waals surface area contributed by atoms with Crippen molar-refractivity contribution < 1.29 is 27.1 Å². The van der Waals surface area contributed by atoms with E-state index >= 15 is 0 Å². The first kappa shape index (κ1) is 26.6. The predicted octanol–water partition coefficient (Wildman–Crippen LogP) is 8.75. The molecule has 0 fully saturated rings. The van der Waals surface area contributed by atoms with Crippen LogP contribution in [0.2, 0.25) is 5.02 Å². The standard InChI is InChI=1S/C29H26ClF3O4/c1-16-12-21(13-17(2)24(16)30)36-26-25(34)22-11-10-20(14-23(22)37-27(26)29(31,32)33)35-15-18-6-8-19(9-7-18)28(3,4)5/h6-14H,15H2,1-5H3. The van der Waals surface area contributed by atoms with Gasteiger partial charge < -0.3 is 13.9 Å². The van der Waals surface area contributed by atoms with Gasteiger partial charge in [0.15, 0.2) is 0 Å². The molecule has 0 saturated carbocycles. The highest BCUT2D eigenvalue weighted by atomic mass is 35.5. The topological polar surface area (TPSA) is 48.7 Å². The van der Waals surface area contributed by atoms with Gasteiger partial charge in [-0.15, -0.1) is 0 Å². The molecule has 0 amide bonds. The van der Waals surface area contributed by atoms with Crippen LogP contribution in [0.15, 0.2) is 63.8 Å². The monoisotopic (exact) mass is 530 g/mol. The molecule has 0 saturated heterocycles. The Bertz CT molecular complexity index is 1490. The molecular formula is C29H26ClF3O4. The molecule has 3 aromatic carbocycles. The summed E-state index contributed by atoms with van der Waals surface area (Å²) in [4.78, 5) is 13.1. The van der Waals surface area contributed by atoms with Gasteiger partial charge in [-0.2, -0.15) is 13.2 Å². The molecule has 0 unspecified atom stereocenters. The lowest BCUT2D eigenvalue weighted by molar-refractivity contribution is -0.154. The minimum Gasteiger partial charge on any atom is -0.489 e. The van der Waals surface area contributed by atoms with Gasteiger partial charge in [-0.1, -0.05) is 56.6 Å². The van der Waals surface area contributed by atoms with Crippen molar-refractivity contribution >= 4 is 22.6 Å². The fourth-order valence-electron chi connectivity index (χ4n) is 3.88. The lowest BCUT2D eigenvalue weighted by Gasteiger charge is -2.19. The molecule has 0 bridgehead atoms. The van der Waals surface area contributed by atoms with E-state index in [0.29, 0.717) is 16.1 Å². The Morgan fingerprint density at radius 1 is 0.892 bits per heavy atom. The van der Waals surface area contributed by atoms with Crippen molar-refractivity contribution in [2.24, 2.45) is 0 Å². The lowest BCUT2D eigenvalue weighted by Crippen LogP contribution is -2.15. The van der Waals surface area contributed by atoms with Crippen LogP contribution in [-0.4, -0.2) is 0 Å². The van der Waals surface area contributed by atoms with Gasteiger partial charge in [0.05, 0.1) is 5.39 Å². The number of ether oxygens (including phenoxy) is 2. The molecular weight excluding hydrogens is 505 g/mol. The number of fused-ring (bicyclic) bond motifs is 1. The summed E-state index contributed by atoms with van der Waals surface area (Å²) >= 11 is 6.14. The molecule has 0 aliphatic heterocycles. The van der Waals surface area contributed by atoms with E-state index in [9.17, 15) is 18.0 Å². The molecule has 194 valence electrons. The lowest BCUT2D eigenvalue weighted by atomic mass is 9.87. The molecule has 0 spiro atoms. The first-order chi connectivity index (χ1) is 17.2. The number of rotatable bonds is 5. The Labute approximate surface area is 217 Å². The number of aryl methyl sites for hydroxylation is 2. The van der Waals surface area contributed by atoms with Crippen molar-refractivity contribution in [3.05, 3.63) is 97.9 Å². The van der Waals surface area contributed by atoms with Gasteiger partial charge in [-0.3, -0.25) is 4.79 Å². The Morgan fingerprint density at radius 3 is 2.08 bits per heavy atom. The molecule has 0 radical (unpaired) electrons. The number of hydrogen-bond acceptors (Lipinski definition) is 4. The summed E-state index contributed by atoms with van der Waals surface area (Å²) in [7, 11) is 0. The second kappa shape index (κ2) is 9.78. The molecule has 4 aromatic rings. The summed E-state index contributed by atoms with van der Waals surface area (Å²) in [5, 5.41) is 0.402. The minimum absolute atomic E-state index is 0.0131. The highest BCUT2D eigenvalue weighted by Crippen LogP contribution is 2.39. The Balaban J connectivity index is 1.67. The second-order valence-electron chi connectivity index (χ2n) is 9.95. The smallest absolute Gasteiger partial charge is 0.453 e. The summed E-state index contributed by atoms with van der Waals surface area (Å²) in [6, 6.07) is 15.0. The van der Waals surface area contributed by atoms with Crippen LogP contribution in [0, 0.1) is 13.8 Å². The quantitative estimate of drug-likeness (QED) is 0.259. The molecule has 1 heterocycles. The average molecular weight is 531 g/mol. The van der Waals surface area contributed by atoms with E-state index < -0.39 is 23.1 Å². The normalized spacial score (nSPS) is 12.1. The van der Waals surface area contributed by atoms with E-state index in [1.54, 1.807) is 13.8 Å². The second-order valence-corrected chi connectivity index (χ2v) is 10.3. The van der Waals surface area contributed by atoms with Crippen molar-refractivity contribution in [3.63, 3.8) is 0 Å². The molecule has 0 N–H and O–H groups in total. The fraction of sp³-hybridized carbons (Fsp3) is 0.276. The van der Waals surface area contributed by atoms with Crippen LogP contribution >= 0.6 is 11.6 Å². The largest absolute Gasteiger partial charge is 0.489 e. The predicted molar refractivity (Wildman–Crippen MR) is 138 cm³/mol. The van der Waals surface area contributed by atoms with E-state index in [2.05, 4.69) is 20.8 Å². The highest BCUT2D eigenvalue weighted by Gasteiger charge is 2.40. The third-order valence-electron chi connectivity index (χ3n) is 5.93. The summed E-state index contributed by atoms with van der Waals surface area (Å²) < 4.78 is 58.1. The van der Waals surface area contributed by atoms with Gasteiger partial charge in [-0.25, -0.2) is 0 Å². The molecule has 1 aromatic heterocycles. The van der Waals surface area contributed by atoms with Gasteiger partial charge in [0.2, 0.25) is 11.2 Å². The fourth-order valence-corrected chi connectivity index (χ4v) is 3.99. The van der Waals surface area contributed by atoms with E-state index in [0.717, 1.165) is 5.56 Å². The third-order valence-corrected chi connectivity index (χ3v) is 6.53. The zero-order chi connectivity index (χ0) is 27.1. The van der Waals surface area contributed by atoms with Crippen molar-refractivity contribution in [3.8, 4) is 17.2 Å². The van der Waals surface area contributed by atoms with Gasteiger partial charge in [0.25, 0.3) is 5.76 Å². The van der Waals surface area contributed by atoms with Crippen LogP contribution in [0.4, 0.5) is 13.2 Å². The Hall–Kier alpha value is -3.45. The summed E-state index contributed by atoms with van der Waals surface area (Å²) in [5.41, 5.74) is 2.08. The first-order valence-electron chi connectivity index (χ1n) is 11.6. The third kappa shape index (κ3) is 5.77. The Morgan fingerprint density at radius 2 is 1.51 bits per heavy atom. The number of hydrogen-bond donors (Lipinski definition) is 0. The minimum atomic E-state index is -4.97. The number of halogens is 4. The Kier molecular flexibility index (Phi) is 7.04. The van der Waals surface area contributed by atoms with E-state index in [4.69, 9.17) is 25.5 Å². The van der Waals surface area contributed by atoms with Crippen molar-refractivity contribution in [2.45, 2.75) is 52.8 Å². The van der Waals surface area contributed by atoms with E-state index in [1.807, 2.05) is 24.3 Å². The molecule has 4 rings (SSSR count). The van der Waals surface area contributed by atoms with Crippen LogP contribution in [-0.2, 0) is 18.2 Å². The van der Waals surface area contributed by atoms with Crippen molar-refractivity contribution in [2.75, 3.05) is 0 Å². The number of benzene rings is 3. The molecule has 0 aliphatic rings. The summed E-state index contributed by atoms with van der Waals surface area (Å²) in [6.45, 7) is 9.93. The van der Waals surface area contributed by atoms with Crippen LogP contribution < -0.4 is 14.9 Å². The maximum Gasteiger partial charge on any atom is 0.453 e. The molecule has 0 aliphatic carbocycles. The van der Waals surface area contributed by atoms with E-state index in [-0.39, 0.29) is 34.5 Å². The molecule has 8 heteroatoms. The first-order valence-corrected chi connectivity index (χ1v) is 12.0. The maximum atomic E-state index is 13.9. The van der Waals surface area contributed by atoms with Gasteiger partial charge in [-0.05, 0) is 65.8 Å². The number of alkyl halides is 3. The zero-order valence-corrected chi connectivity index (χ0v) is 21.8. The SMILES string of the molecule is Cc1cc(Oc2c(C(F)(F)F)oc3cc(OCc4ccc(C(C)(C)C)cc4)ccc3c2=O)cc(C)c1Cl. The molecule has 0 atom stereocenters.